The first-order valence-electron chi connectivity index (χ1n) is 25.2. The molecule has 0 spiro atoms. The molecule has 0 aliphatic rings. The average Bonchev–Trinajstić information content (AvgIpc) is 4.07. The van der Waals surface area contributed by atoms with E-state index in [2.05, 4.69) is 288 Å². The summed E-state index contributed by atoms with van der Waals surface area (Å²) in [5, 5.41) is 4.67. The van der Waals surface area contributed by atoms with E-state index in [4.69, 9.17) is 9.97 Å². The Morgan fingerprint density at radius 3 is 1.07 bits per heavy atom. The highest BCUT2D eigenvalue weighted by Gasteiger charge is 2.24. The van der Waals surface area contributed by atoms with Gasteiger partial charge in [-0.1, -0.05) is 218 Å². The molecule has 0 unspecified atom stereocenters. The van der Waals surface area contributed by atoms with Crippen LogP contribution < -0.4 is 0 Å². The summed E-state index contributed by atoms with van der Waals surface area (Å²) in [6.45, 7) is 0. The minimum absolute atomic E-state index is 0.894. The van der Waals surface area contributed by atoms with E-state index in [1.165, 1.54) is 55.3 Å². The molecule has 346 valence electrons. The maximum atomic E-state index is 5.39. The highest BCUT2D eigenvalue weighted by atomic mass is 15.1. The molecular weight excluding hydrogens is 897 g/mol. The van der Waals surface area contributed by atoms with Crippen molar-refractivity contribution in [2.75, 3.05) is 0 Å². The maximum Gasteiger partial charge on any atom is 0.145 e. The molecule has 4 nitrogen and oxygen atoms in total. The van der Waals surface area contributed by atoms with E-state index in [-0.39, 0.29) is 0 Å². The lowest BCUT2D eigenvalue weighted by Crippen LogP contribution is -1.98. The van der Waals surface area contributed by atoms with Gasteiger partial charge in [0.2, 0.25) is 0 Å². The first-order chi connectivity index (χ1) is 36.7. The normalized spacial score (nSPS) is 11.5. The number of fused-ring (bicyclic) bond motifs is 4. The van der Waals surface area contributed by atoms with Crippen molar-refractivity contribution >= 4 is 43.6 Å². The van der Waals surface area contributed by atoms with Gasteiger partial charge >= 0.3 is 0 Å². The van der Waals surface area contributed by atoms with Gasteiger partial charge in [0.25, 0.3) is 0 Å². The molecule has 0 N–H and O–H groups in total. The molecule has 2 aromatic heterocycles. The zero-order valence-electron chi connectivity index (χ0n) is 40.3. The number of hydrogen-bond donors (Lipinski definition) is 0. The van der Waals surface area contributed by atoms with Gasteiger partial charge in [-0.3, -0.25) is 9.13 Å². The fourth-order valence-corrected chi connectivity index (χ4v) is 11.2. The molecule has 14 rings (SSSR count). The first-order valence-corrected chi connectivity index (χ1v) is 25.2. The van der Waals surface area contributed by atoms with Gasteiger partial charge in [0.15, 0.2) is 0 Å². The van der Waals surface area contributed by atoms with E-state index in [0.29, 0.717) is 0 Å². The summed E-state index contributed by atoms with van der Waals surface area (Å²) >= 11 is 0. The van der Waals surface area contributed by atoms with Crippen molar-refractivity contribution in [1.82, 2.24) is 19.1 Å². The second-order valence-electron chi connectivity index (χ2n) is 18.9. The third-order valence-corrected chi connectivity index (χ3v) is 14.6. The Bertz CT molecular complexity index is 4380. The van der Waals surface area contributed by atoms with Crippen molar-refractivity contribution < 1.29 is 0 Å². The third kappa shape index (κ3) is 7.31. The van der Waals surface area contributed by atoms with Crippen molar-refractivity contribution in [1.29, 1.82) is 0 Å². The van der Waals surface area contributed by atoms with Crippen LogP contribution in [-0.4, -0.2) is 19.1 Å². The second kappa shape index (κ2) is 18.1. The zero-order chi connectivity index (χ0) is 49.0. The fourth-order valence-electron chi connectivity index (χ4n) is 11.2. The molecular formula is C70H46N4. The highest BCUT2D eigenvalue weighted by molar-refractivity contribution is 6.24. The molecule has 0 saturated carbocycles. The topological polar surface area (TPSA) is 35.6 Å². The van der Waals surface area contributed by atoms with Gasteiger partial charge < -0.3 is 0 Å². The number of hydrogen-bond acceptors (Lipinski definition) is 2. The van der Waals surface area contributed by atoms with Crippen LogP contribution in [0, 0.1) is 0 Å². The molecule has 0 fully saturated rings. The lowest BCUT2D eigenvalue weighted by molar-refractivity contribution is 1.10. The Morgan fingerprint density at radius 1 is 0.230 bits per heavy atom. The molecule has 74 heavy (non-hydrogen) atoms. The summed E-state index contributed by atoms with van der Waals surface area (Å²) in [6.07, 6.45) is 0. The molecule has 0 bridgehead atoms. The van der Waals surface area contributed by atoms with Gasteiger partial charge in [0, 0.05) is 22.5 Å². The van der Waals surface area contributed by atoms with Crippen molar-refractivity contribution in [2.24, 2.45) is 0 Å². The molecule has 12 aromatic carbocycles. The summed E-state index contributed by atoms with van der Waals surface area (Å²) in [5.74, 6) is 1.81. The highest BCUT2D eigenvalue weighted by Crippen LogP contribution is 2.50. The Balaban J connectivity index is 1.05. The van der Waals surface area contributed by atoms with Crippen molar-refractivity contribution in [2.45, 2.75) is 0 Å². The van der Waals surface area contributed by atoms with Crippen LogP contribution in [-0.2, 0) is 0 Å². The van der Waals surface area contributed by atoms with Gasteiger partial charge in [-0.2, -0.15) is 0 Å². The van der Waals surface area contributed by atoms with Crippen LogP contribution >= 0.6 is 0 Å². The summed E-state index contributed by atoms with van der Waals surface area (Å²) in [5.41, 5.74) is 20.0. The molecule has 0 atom stereocenters. The number of aromatic nitrogens is 4. The lowest BCUT2D eigenvalue weighted by atomic mass is 9.81. The van der Waals surface area contributed by atoms with Crippen molar-refractivity contribution in [3.8, 4) is 89.8 Å². The summed E-state index contributed by atoms with van der Waals surface area (Å²) in [7, 11) is 0. The summed E-state index contributed by atoms with van der Waals surface area (Å²) in [4.78, 5) is 10.6. The van der Waals surface area contributed by atoms with E-state index in [0.717, 1.165) is 78.1 Å². The minimum Gasteiger partial charge on any atom is -0.292 e. The largest absolute Gasteiger partial charge is 0.292 e. The van der Waals surface area contributed by atoms with E-state index < -0.39 is 0 Å². The standard InChI is InChI=1S/C70H46N4/c1-5-21-48(22-6-1)55-29-13-15-31-57(55)67-60-44-42-52(70-72-64-34-18-20-36-66(64)74(70)54-27-11-4-12-28-54)46-62(60)68(58-32-16-14-30-56(58)49-23-7-2-8-24-49)59-43-41-51(45-61(59)67)47-37-39-50(40-38-47)69-71-63-33-17-19-35-65(63)73(69)53-25-9-3-10-26-53/h1-46H. The lowest BCUT2D eigenvalue weighted by Gasteiger charge is -2.22. The van der Waals surface area contributed by atoms with Crippen LogP contribution in [0.3, 0.4) is 0 Å². The number of benzene rings is 12. The quantitative estimate of drug-likeness (QED) is 0.135. The molecule has 0 aliphatic carbocycles. The van der Waals surface area contributed by atoms with Crippen molar-refractivity contribution in [3.05, 3.63) is 279 Å². The smallest absolute Gasteiger partial charge is 0.145 e. The number of nitrogens with zero attached hydrogens (tertiary/aromatic N) is 4. The van der Waals surface area contributed by atoms with Gasteiger partial charge in [0.1, 0.15) is 11.6 Å². The Kier molecular flexibility index (Phi) is 10.5. The fraction of sp³-hybridized carbons (Fsp3) is 0. The maximum absolute atomic E-state index is 5.39. The van der Waals surface area contributed by atoms with E-state index in [1.807, 2.05) is 0 Å². The zero-order valence-corrected chi connectivity index (χ0v) is 40.3. The summed E-state index contributed by atoms with van der Waals surface area (Å²) < 4.78 is 4.56. The van der Waals surface area contributed by atoms with Crippen LogP contribution in [0.1, 0.15) is 0 Å². The number of imidazole rings is 2. The second-order valence-corrected chi connectivity index (χ2v) is 18.9. The predicted octanol–water partition coefficient (Wildman–Crippen LogP) is 18.3. The molecule has 0 amide bonds. The Morgan fingerprint density at radius 2 is 0.581 bits per heavy atom. The molecule has 14 aromatic rings. The predicted molar refractivity (Wildman–Crippen MR) is 309 cm³/mol. The Labute approximate surface area is 429 Å². The van der Waals surface area contributed by atoms with Crippen molar-refractivity contribution in [3.63, 3.8) is 0 Å². The first kappa shape index (κ1) is 42.9. The molecule has 0 aliphatic heterocycles. The van der Waals surface area contributed by atoms with E-state index in [9.17, 15) is 0 Å². The van der Waals surface area contributed by atoms with E-state index >= 15 is 0 Å². The van der Waals surface area contributed by atoms with Gasteiger partial charge in [0.05, 0.1) is 22.1 Å². The van der Waals surface area contributed by atoms with Crippen LogP contribution in [0.5, 0.6) is 0 Å². The molecule has 0 saturated heterocycles. The minimum atomic E-state index is 0.894. The average molecular weight is 943 g/mol. The monoisotopic (exact) mass is 942 g/mol. The van der Waals surface area contributed by atoms with Crippen LogP contribution in [0.4, 0.5) is 0 Å². The third-order valence-electron chi connectivity index (χ3n) is 14.6. The number of para-hydroxylation sites is 6. The summed E-state index contributed by atoms with van der Waals surface area (Å²) in [6, 6.07) is 100. The van der Waals surface area contributed by atoms with E-state index in [1.54, 1.807) is 0 Å². The number of rotatable bonds is 9. The van der Waals surface area contributed by atoms with Gasteiger partial charge in [-0.25, -0.2) is 9.97 Å². The molecule has 4 heteroatoms. The molecule has 0 radical (unpaired) electrons. The van der Waals surface area contributed by atoms with Crippen LogP contribution in [0.15, 0.2) is 279 Å². The van der Waals surface area contributed by atoms with Gasteiger partial charge in [-0.05, 0) is 138 Å². The van der Waals surface area contributed by atoms with Gasteiger partial charge in [-0.15, -0.1) is 0 Å². The van der Waals surface area contributed by atoms with Crippen LogP contribution in [0.2, 0.25) is 0 Å². The SMILES string of the molecule is c1ccc(-c2ccccc2-c2c3ccc(-c4nc5ccccc5n4-c4ccccc4)cc3c(-c3ccccc3-c3ccccc3)c3ccc(-c4ccc(-c5nc6ccccc6n5-c5ccccc5)cc4)cc23)cc1. The molecule has 2 heterocycles. The Hall–Kier alpha value is -9.90. The van der Waals surface area contributed by atoms with Crippen LogP contribution in [0.25, 0.3) is 133 Å².